The molecule has 0 unspecified atom stereocenters. The van der Waals surface area contributed by atoms with Gasteiger partial charge in [0, 0.05) is 19.2 Å². The van der Waals surface area contributed by atoms with E-state index >= 15 is 0 Å². The molecule has 0 radical (unpaired) electrons. The Kier molecular flexibility index (Phi) is 1.47. The molecule has 1 N–H and O–H groups in total. The average molecular weight is 189 g/mol. The van der Waals surface area contributed by atoms with Crippen LogP contribution in [0.4, 0.5) is 0 Å². The van der Waals surface area contributed by atoms with E-state index in [-0.39, 0.29) is 0 Å². The topological polar surface area (TPSA) is 59.4 Å². The summed E-state index contributed by atoms with van der Waals surface area (Å²) in [4.78, 5) is 4.41. The van der Waals surface area contributed by atoms with Crippen LogP contribution in [-0.4, -0.2) is 25.0 Å². The molecule has 5 nitrogen and oxygen atoms in total. The van der Waals surface area contributed by atoms with Crippen LogP contribution in [0.5, 0.6) is 0 Å². The predicted octanol–water partition coefficient (Wildman–Crippen LogP) is 1.08. The highest BCUT2D eigenvalue weighted by molar-refractivity contribution is 5.47. The summed E-state index contributed by atoms with van der Waals surface area (Å²) in [6, 6.07) is 1.92. The molecule has 1 aliphatic carbocycles. The first-order valence-corrected chi connectivity index (χ1v) is 4.75. The average Bonchev–Trinajstić information content (AvgIpc) is 2.76. The molecule has 0 aromatic carbocycles. The zero-order valence-electron chi connectivity index (χ0n) is 7.94. The van der Waals surface area contributed by atoms with E-state index in [1.54, 1.807) is 4.68 Å². The molecule has 1 saturated carbocycles. The van der Waals surface area contributed by atoms with Crippen molar-refractivity contribution in [1.82, 2.24) is 25.0 Å². The lowest BCUT2D eigenvalue weighted by Crippen LogP contribution is -1.89. The molecule has 5 heteroatoms. The van der Waals surface area contributed by atoms with E-state index in [1.807, 2.05) is 19.3 Å². The molecule has 0 aliphatic heterocycles. The van der Waals surface area contributed by atoms with Gasteiger partial charge in [0.1, 0.15) is 11.5 Å². The molecule has 0 atom stereocenters. The van der Waals surface area contributed by atoms with Crippen LogP contribution in [0.2, 0.25) is 0 Å². The van der Waals surface area contributed by atoms with Gasteiger partial charge in [-0.1, -0.05) is 0 Å². The quantitative estimate of drug-likeness (QED) is 0.769. The van der Waals surface area contributed by atoms with Crippen LogP contribution in [0.25, 0.3) is 11.5 Å². The fourth-order valence-corrected chi connectivity index (χ4v) is 1.46. The third-order valence-corrected chi connectivity index (χ3v) is 2.41. The van der Waals surface area contributed by atoms with Gasteiger partial charge in [0.05, 0.1) is 0 Å². The van der Waals surface area contributed by atoms with Crippen LogP contribution >= 0.6 is 0 Å². The number of aryl methyl sites for hydroxylation is 1. The molecule has 0 spiro atoms. The minimum atomic E-state index is 0.611. The molecule has 1 fully saturated rings. The summed E-state index contributed by atoms with van der Waals surface area (Å²) in [6.45, 7) is 0. The smallest absolute Gasteiger partial charge is 0.201 e. The SMILES string of the molecule is Cn1ccc(-c2n[nH]c(C3CC3)n2)n1. The van der Waals surface area contributed by atoms with E-state index < -0.39 is 0 Å². The standard InChI is InChI=1S/C9H11N5/c1-14-5-4-7(13-14)9-10-8(11-12-9)6-2-3-6/h4-6H,2-3H2,1H3,(H,10,11,12). The van der Waals surface area contributed by atoms with Crippen molar-refractivity contribution in [3.8, 4) is 11.5 Å². The maximum absolute atomic E-state index is 4.41. The summed E-state index contributed by atoms with van der Waals surface area (Å²) in [5.41, 5.74) is 0.829. The highest BCUT2D eigenvalue weighted by atomic mass is 15.3. The number of hydrogen-bond acceptors (Lipinski definition) is 3. The molecule has 3 rings (SSSR count). The summed E-state index contributed by atoms with van der Waals surface area (Å²) in [7, 11) is 1.89. The molecular weight excluding hydrogens is 178 g/mol. The van der Waals surface area contributed by atoms with Gasteiger partial charge in [0.25, 0.3) is 0 Å². The van der Waals surface area contributed by atoms with Crippen LogP contribution in [0, 0.1) is 0 Å². The number of aromatic nitrogens is 5. The largest absolute Gasteiger partial charge is 0.275 e. The minimum absolute atomic E-state index is 0.611. The normalized spacial score (nSPS) is 16.1. The van der Waals surface area contributed by atoms with Crippen molar-refractivity contribution in [3.63, 3.8) is 0 Å². The number of nitrogens with zero attached hydrogens (tertiary/aromatic N) is 4. The van der Waals surface area contributed by atoms with Crippen LogP contribution in [0.15, 0.2) is 12.3 Å². The maximum Gasteiger partial charge on any atom is 0.201 e. The third kappa shape index (κ3) is 1.21. The second-order valence-electron chi connectivity index (χ2n) is 3.69. The number of aromatic amines is 1. The molecule has 0 saturated heterocycles. The van der Waals surface area contributed by atoms with Gasteiger partial charge in [-0.2, -0.15) is 10.2 Å². The summed E-state index contributed by atoms with van der Waals surface area (Å²) in [5, 5.41) is 11.4. The summed E-state index contributed by atoms with van der Waals surface area (Å²) < 4.78 is 1.75. The van der Waals surface area contributed by atoms with Gasteiger partial charge in [-0.3, -0.25) is 9.78 Å². The third-order valence-electron chi connectivity index (χ3n) is 2.41. The highest BCUT2D eigenvalue weighted by Crippen LogP contribution is 2.38. The lowest BCUT2D eigenvalue weighted by Gasteiger charge is -1.86. The maximum atomic E-state index is 4.41. The zero-order valence-corrected chi connectivity index (χ0v) is 7.94. The molecule has 0 bridgehead atoms. The highest BCUT2D eigenvalue weighted by Gasteiger charge is 2.27. The Morgan fingerprint density at radius 2 is 2.36 bits per heavy atom. The van der Waals surface area contributed by atoms with Crippen molar-refractivity contribution >= 4 is 0 Å². The van der Waals surface area contributed by atoms with E-state index in [4.69, 9.17) is 0 Å². The molecule has 0 amide bonds. The van der Waals surface area contributed by atoms with E-state index in [2.05, 4.69) is 20.3 Å². The van der Waals surface area contributed by atoms with Crippen LogP contribution in [0.3, 0.4) is 0 Å². The second kappa shape index (κ2) is 2.67. The minimum Gasteiger partial charge on any atom is -0.275 e. The number of rotatable bonds is 2. The summed E-state index contributed by atoms with van der Waals surface area (Å²) in [6.07, 6.45) is 4.36. The molecule has 14 heavy (non-hydrogen) atoms. The monoisotopic (exact) mass is 189 g/mol. The van der Waals surface area contributed by atoms with Gasteiger partial charge < -0.3 is 0 Å². The fourth-order valence-electron chi connectivity index (χ4n) is 1.46. The lowest BCUT2D eigenvalue weighted by atomic mass is 10.4. The van der Waals surface area contributed by atoms with Gasteiger partial charge in [0.2, 0.25) is 5.82 Å². The Labute approximate surface area is 81.2 Å². The van der Waals surface area contributed by atoms with Gasteiger partial charge in [-0.25, -0.2) is 4.98 Å². The van der Waals surface area contributed by atoms with Crippen molar-refractivity contribution in [3.05, 3.63) is 18.1 Å². The van der Waals surface area contributed by atoms with E-state index in [0.717, 1.165) is 11.5 Å². The number of H-pyrrole nitrogens is 1. The second-order valence-corrected chi connectivity index (χ2v) is 3.69. The van der Waals surface area contributed by atoms with E-state index in [9.17, 15) is 0 Å². The van der Waals surface area contributed by atoms with Crippen molar-refractivity contribution in [2.75, 3.05) is 0 Å². The van der Waals surface area contributed by atoms with Gasteiger partial charge in [-0.15, -0.1) is 0 Å². The summed E-state index contributed by atoms with van der Waals surface area (Å²) >= 11 is 0. The Morgan fingerprint density at radius 3 is 3.00 bits per heavy atom. The van der Waals surface area contributed by atoms with Crippen molar-refractivity contribution in [2.45, 2.75) is 18.8 Å². The molecule has 1 aliphatic rings. The molecule has 2 heterocycles. The molecule has 2 aromatic heterocycles. The van der Waals surface area contributed by atoms with Gasteiger partial charge >= 0.3 is 0 Å². The van der Waals surface area contributed by atoms with Gasteiger partial charge in [-0.05, 0) is 18.9 Å². The van der Waals surface area contributed by atoms with Crippen molar-refractivity contribution < 1.29 is 0 Å². The predicted molar refractivity (Wildman–Crippen MR) is 50.6 cm³/mol. The zero-order chi connectivity index (χ0) is 9.54. The fraction of sp³-hybridized carbons (Fsp3) is 0.444. The Balaban J connectivity index is 1.95. The Bertz CT molecular complexity index is 451. The lowest BCUT2D eigenvalue weighted by molar-refractivity contribution is 0.769. The Hall–Kier alpha value is -1.65. The molecule has 2 aromatic rings. The van der Waals surface area contributed by atoms with E-state index in [0.29, 0.717) is 11.7 Å². The molecular formula is C9H11N5. The van der Waals surface area contributed by atoms with E-state index in [1.165, 1.54) is 12.8 Å². The van der Waals surface area contributed by atoms with Gasteiger partial charge in [0.15, 0.2) is 0 Å². The summed E-state index contributed by atoms with van der Waals surface area (Å²) in [5.74, 6) is 2.32. The number of nitrogens with one attached hydrogen (secondary N) is 1. The first-order valence-electron chi connectivity index (χ1n) is 4.75. The van der Waals surface area contributed by atoms with Crippen molar-refractivity contribution in [2.24, 2.45) is 7.05 Å². The van der Waals surface area contributed by atoms with Crippen LogP contribution in [-0.2, 0) is 7.05 Å². The first kappa shape index (κ1) is 7.73. The first-order chi connectivity index (χ1) is 6.83. The van der Waals surface area contributed by atoms with Crippen LogP contribution < -0.4 is 0 Å². The number of hydrogen-bond donors (Lipinski definition) is 1. The van der Waals surface area contributed by atoms with Crippen LogP contribution in [0.1, 0.15) is 24.6 Å². The Morgan fingerprint density at radius 1 is 1.50 bits per heavy atom. The van der Waals surface area contributed by atoms with Crippen molar-refractivity contribution in [1.29, 1.82) is 0 Å². The molecule has 72 valence electrons.